The average molecular weight is 541 g/mol. The molecule has 0 spiro atoms. The first-order valence-electron chi connectivity index (χ1n) is 11.0. The molecule has 0 aliphatic carbocycles. The predicted molar refractivity (Wildman–Crippen MR) is 122 cm³/mol. The van der Waals surface area contributed by atoms with Gasteiger partial charge in [-0.05, 0) is 42.0 Å². The molecule has 0 radical (unpaired) electrons. The minimum Gasteiger partial charge on any atom is -0.351 e. The van der Waals surface area contributed by atoms with Crippen LogP contribution in [-0.4, -0.2) is 47.4 Å². The Bertz CT molecular complexity index is 1400. The predicted octanol–water partition coefficient (Wildman–Crippen LogP) is 3.95. The van der Waals surface area contributed by atoms with Crippen LogP contribution in [0.3, 0.4) is 0 Å². The summed E-state index contributed by atoms with van der Waals surface area (Å²) in [6, 6.07) is 6.36. The van der Waals surface area contributed by atoms with Crippen LogP contribution in [0.15, 0.2) is 59.8 Å². The highest BCUT2D eigenvalue weighted by Gasteiger charge is 2.44. The zero-order chi connectivity index (χ0) is 27.0. The minimum atomic E-state index is -4.31. The number of hydrogen-bond donors (Lipinski definition) is 1. The zero-order valence-electron chi connectivity index (χ0n) is 19.3. The van der Waals surface area contributed by atoms with E-state index in [-0.39, 0.29) is 17.0 Å². The lowest BCUT2D eigenvalue weighted by Crippen LogP contribution is -2.45. The number of alkyl halides is 3. The molecule has 196 valence electrons. The van der Waals surface area contributed by atoms with Crippen molar-refractivity contribution in [2.24, 2.45) is 0 Å². The zero-order valence-corrected chi connectivity index (χ0v) is 20.2. The highest BCUT2D eigenvalue weighted by Crippen LogP contribution is 2.29. The average Bonchev–Trinajstić information content (AvgIpc) is 3.26. The van der Waals surface area contributed by atoms with Gasteiger partial charge in [-0.3, -0.25) is 4.79 Å². The molecular weight excluding hydrogens is 519 g/mol. The number of benzene rings is 2. The molecule has 0 unspecified atom stereocenters. The van der Waals surface area contributed by atoms with Gasteiger partial charge in [-0.2, -0.15) is 13.1 Å². The van der Waals surface area contributed by atoms with E-state index < -0.39 is 64.5 Å². The highest BCUT2D eigenvalue weighted by molar-refractivity contribution is 7.89. The molecule has 1 aliphatic heterocycles. The third kappa shape index (κ3) is 5.77. The van der Waals surface area contributed by atoms with E-state index >= 15 is 0 Å². The van der Waals surface area contributed by atoms with Crippen LogP contribution in [0, 0.1) is 11.6 Å². The molecule has 1 fully saturated rings. The maximum Gasteiger partial charge on any atom is 0.303 e. The number of rotatable bonds is 7. The van der Waals surface area contributed by atoms with Crippen molar-refractivity contribution in [1.29, 1.82) is 0 Å². The Morgan fingerprint density at radius 3 is 2.35 bits per heavy atom. The highest BCUT2D eigenvalue weighted by atomic mass is 32.2. The number of nitrogens with zero attached hydrogens (tertiary/aromatic N) is 3. The molecule has 13 heteroatoms. The third-order valence-electron chi connectivity index (χ3n) is 5.80. The maximum atomic E-state index is 14.4. The normalized spacial score (nSPS) is 18.6. The molecule has 2 atom stereocenters. The minimum absolute atomic E-state index is 0.0125. The van der Waals surface area contributed by atoms with Crippen molar-refractivity contribution in [3.8, 4) is 11.1 Å². The van der Waals surface area contributed by atoms with Crippen molar-refractivity contribution in [3.63, 3.8) is 0 Å². The van der Waals surface area contributed by atoms with Crippen molar-refractivity contribution < 1.29 is 35.2 Å². The van der Waals surface area contributed by atoms with E-state index in [0.717, 1.165) is 42.7 Å². The lowest BCUT2D eigenvalue weighted by Gasteiger charge is -2.23. The summed E-state index contributed by atoms with van der Waals surface area (Å²) < 4.78 is 95.2. The SMILES string of the molecule is CC(F)(F)c1ncc(-c2ccc(F)c(CNC(=O)[C@@H]3C[C@@H](F)CN3S(=O)(=O)c3ccc(F)cc3)c2)cn1. The van der Waals surface area contributed by atoms with Crippen LogP contribution in [0.1, 0.15) is 24.7 Å². The number of nitrogens with one attached hydrogen (secondary N) is 1. The van der Waals surface area contributed by atoms with Gasteiger partial charge in [0, 0.05) is 50.0 Å². The van der Waals surface area contributed by atoms with Crippen LogP contribution >= 0.6 is 0 Å². The number of amides is 1. The summed E-state index contributed by atoms with van der Waals surface area (Å²) in [7, 11) is -4.31. The molecule has 7 nitrogen and oxygen atoms in total. The largest absolute Gasteiger partial charge is 0.351 e. The van der Waals surface area contributed by atoms with Gasteiger partial charge >= 0.3 is 5.92 Å². The molecule has 0 saturated carbocycles. The van der Waals surface area contributed by atoms with Crippen LogP contribution in [0.5, 0.6) is 0 Å². The first kappa shape index (κ1) is 26.6. The topological polar surface area (TPSA) is 92.3 Å². The monoisotopic (exact) mass is 540 g/mol. The van der Waals surface area contributed by atoms with Gasteiger partial charge in [-0.15, -0.1) is 0 Å². The fourth-order valence-electron chi connectivity index (χ4n) is 3.90. The second kappa shape index (κ2) is 10.1. The molecule has 1 aromatic heterocycles. The Morgan fingerprint density at radius 1 is 1.08 bits per heavy atom. The van der Waals surface area contributed by atoms with Gasteiger partial charge in [0.1, 0.15) is 23.8 Å². The third-order valence-corrected chi connectivity index (χ3v) is 7.69. The Kier molecular flexibility index (Phi) is 7.29. The quantitative estimate of drug-likeness (QED) is 0.459. The standard InChI is InChI=1S/C24H21F5N4O3S/c1-24(28,29)23-31-11-16(12-32-23)14-2-7-20(27)15(8-14)10-30-22(34)21-9-18(26)13-33(21)37(35,36)19-5-3-17(25)4-6-19/h2-8,11-12,18,21H,9-10,13H2,1H3,(H,30,34)/t18-,21+/m1/s1. The Morgan fingerprint density at radius 2 is 1.73 bits per heavy atom. The van der Waals surface area contributed by atoms with E-state index in [1.165, 1.54) is 12.1 Å². The summed E-state index contributed by atoms with van der Waals surface area (Å²) in [6.45, 7) is -0.265. The lowest BCUT2D eigenvalue weighted by atomic mass is 10.0. The second-order valence-electron chi connectivity index (χ2n) is 8.59. The van der Waals surface area contributed by atoms with Crippen LogP contribution in [0.4, 0.5) is 22.0 Å². The van der Waals surface area contributed by atoms with E-state index in [0.29, 0.717) is 22.4 Å². The molecular formula is C24H21F5N4O3S. The first-order valence-corrected chi connectivity index (χ1v) is 12.5. The molecule has 1 saturated heterocycles. The van der Waals surface area contributed by atoms with Crippen LogP contribution in [0.25, 0.3) is 11.1 Å². The smallest absolute Gasteiger partial charge is 0.303 e. The summed E-state index contributed by atoms with van der Waals surface area (Å²) in [6.07, 6.45) is 0.311. The molecule has 1 N–H and O–H groups in total. The van der Waals surface area contributed by atoms with Crippen molar-refractivity contribution in [1.82, 2.24) is 19.6 Å². The van der Waals surface area contributed by atoms with Gasteiger partial charge in [0.15, 0.2) is 5.82 Å². The van der Waals surface area contributed by atoms with E-state index in [2.05, 4.69) is 15.3 Å². The van der Waals surface area contributed by atoms with E-state index in [9.17, 15) is 35.2 Å². The van der Waals surface area contributed by atoms with E-state index in [1.54, 1.807) is 0 Å². The van der Waals surface area contributed by atoms with Gasteiger partial charge in [-0.1, -0.05) is 6.07 Å². The lowest BCUT2D eigenvalue weighted by molar-refractivity contribution is -0.124. The van der Waals surface area contributed by atoms with Crippen molar-refractivity contribution in [2.75, 3.05) is 6.54 Å². The Labute approximate surface area is 209 Å². The fraction of sp³-hybridized carbons (Fsp3) is 0.292. The summed E-state index contributed by atoms with van der Waals surface area (Å²) >= 11 is 0. The first-order chi connectivity index (χ1) is 17.4. The Balaban J connectivity index is 1.50. The fourth-order valence-corrected chi connectivity index (χ4v) is 5.52. The van der Waals surface area contributed by atoms with Crippen LogP contribution < -0.4 is 5.32 Å². The molecule has 2 aromatic carbocycles. The number of sulfonamides is 1. The van der Waals surface area contributed by atoms with Gasteiger partial charge in [0.25, 0.3) is 0 Å². The second-order valence-corrected chi connectivity index (χ2v) is 10.5. The van der Waals surface area contributed by atoms with Crippen LogP contribution in [0.2, 0.25) is 0 Å². The van der Waals surface area contributed by atoms with Gasteiger partial charge in [0.05, 0.1) is 4.90 Å². The number of hydrogen-bond acceptors (Lipinski definition) is 5. The number of carbonyl (C=O) groups is 1. The summed E-state index contributed by atoms with van der Waals surface area (Å²) in [4.78, 5) is 19.8. The summed E-state index contributed by atoms with van der Waals surface area (Å²) in [5.41, 5.74) is 0.730. The van der Waals surface area contributed by atoms with E-state index in [1.807, 2.05) is 0 Å². The maximum absolute atomic E-state index is 14.4. The van der Waals surface area contributed by atoms with Crippen LogP contribution in [-0.2, 0) is 27.3 Å². The molecule has 4 rings (SSSR count). The molecule has 37 heavy (non-hydrogen) atoms. The Hall–Kier alpha value is -3.45. The van der Waals surface area contributed by atoms with Crippen molar-refractivity contribution in [3.05, 3.63) is 77.9 Å². The van der Waals surface area contributed by atoms with Gasteiger partial charge < -0.3 is 5.32 Å². The van der Waals surface area contributed by atoms with Gasteiger partial charge in [0.2, 0.25) is 15.9 Å². The summed E-state index contributed by atoms with van der Waals surface area (Å²) in [5.74, 6) is -6.09. The summed E-state index contributed by atoms with van der Waals surface area (Å²) in [5, 5.41) is 2.43. The number of halogens is 5. The number of aromatic nitrogens is 2. The van der Waals surface area contributed by atoms with Crippen molar-refractivity contribution in [2.45, 2.75) is 42.9 Å². The van der Waals surface area contributed by atoms with Crippen molar-refractivity contribution >= 4 is 15.9 Å². The molecule has 1 amide bonds. The van der Waals surface area contributed by atoms with E-state index in [4.69, 9.17) is 0 Å². The molecule has 0 bridgehead atoms. The van der Waals surface area contributed by atoms with Gasteiger partial charge in [-0.25, -0.2) is 31.6 Å². The number of carbonyl (C=O) groups excluding carboxylic acids is 1. The molecule has 1 aliphatic rings. The molecule has 3 aromatic rings. The molecule has 2 heterocycles.